The van der Waals surface area contributed by atoms with Gasteiger partial charge in [-0.15, -0.1) is 0 Å². The lowest BCUT2D eigenvalue weighted by atomic mass is 10.1. The van der Waals surface area contributed by atoms with Gasteiger partial charge in [0.05, 0.1) is 12.2 Å². The molecule has 1 fully saturated rings. The van der Waals surface area contributed by atoms with Gasteiger partial charge in [-0.05, 0) is 25.5 Å². The van der Waals surface area contributed by atoms with E-state index in [1.807, 2.05) is 6.92 Å². The van der Waals surface area contributed by atoms with Crippen molar-refractivity contribution in [1.82, 2.24) is 9.88 Å². The van der Waals surface area contributed by atoms with Gasteiger partial charge in [0.15, 0.2) is 0 Å². The van der Waals surface area contributed by atoms with Crippen LogP contribution in [0.2, 0.25) is 5.15 Å². The van der Waals surface area contributed by atoms with Crippen LogP contribution in [0.4, 0.5) is 5.82 Å². The molecule has 1 aromatic rings. The molecule has 2 N–H and O–H groups in total. The maximum Gasteiger partial charge on any atom is 0.257 e. The Bertz CT molecular complexity index is 467. The van der Waals surface area contributed by atoms with Gasteiger partial charge >= 0.3 is 0 Å². The normalized spacial score (nSPS) is 18.8. The molecule has 2 heterocycles. The van der Waals surface area contributed by atoms with Crippen molar-refractivity contribution in [2.24, 2.45) is 5.92 Å². The standard InChI is InChI=1S/C13H18ClN3O2/c1-2-19-8-9-5-6-17(7-9)13(18)10-3-4-11(14)16-12(10)15/h3-4,9H,2,5-8H2,1H3,(H2,15,16)/t9-/m0/s1. The van der Waals surface area contributed by atoms with Crippen LogP contribution in [0.5, 0.6) is 0 Å². The average Bonchev–Trinajstić information content (AvgIpc) is 2.84. The quantitative estimate of drug-likeness (QED) is 0.856. The molecule has 0 radical (unpaired) electrons. The molecule has 0 spiro atoms. The molecular weight excluding hydrogens is 266 g/mol. The van der Waals surface area contributed by atoms with Crippen LogP contribution in [0.1, 0.15) is 23.7 Å². The molecule has 5 nitrogen and oxygen atoms in total. The summed E-state index contributed by atoms with van der Waals surface area (Å²) in [5.41, 5.74) is 6.16. The van der Waals surface area contributed by atoms with Crippen molar-refractivity contribution in [2.75, 3.05) is 32.0 Å². The van der Waals surface area contributed by atoms with Crippen molar-refractivity contribution < 1.29 is 9.53 Å². The van der Waals surface area contributed by atoms with Crippen molar-refractivity contribution in [3.63, 3.8) is 0 Å². The number of aromatic nitrogens is 1. The van der Waals surface area contributed by atoms with Gasteiger partial charge in [0.25, 0.3) is 5.91 Å². The Hall–Kier alpha value is -1.33. The van der Waals surface area contributed by atoms with Crippen LogP contribution in [0.3, 0.4) is 0 Å². The lowest BCUT2D eigenvalue weighted by Crippen LogP contribution is -2.30. The summed E-state index contributed by atoms with van der Waals surface area (Å²) in [6, 6.07) is 3.21. The van der Waals surface area contributed by atoms with E-state index < -0.39 is 0 Å². The van der Waals surface area contributed by atoms with Gasteiger partial charge in [0, 0.05) is 25.6 Å². The first kappa shape index (κ1) is 14.1. The summed E-state index contributed by atoms with van der Waals surface area (Å²) in [5, 5.41) is 0.296. The third-order valence-electron chi connectivity index (χ3n) is 3.25. The number of ether oxygens (including phenoxy) is 1. The minimum absolute atomic E-state index is 0.0827. The maximum absolute atomic E-state index is 12.3. The summed E-state index contributed by atoms with van der Waals surface area (Å²) in [7, 11) is 0. The number of carbonyl (C=O) groups excluding carboxylic acids is 1. The molecule has 1 saturated heterocycles. The SMILES string of the molecule is CCOC[C@H]1CCN(C(=O)c2ccc(Cl)nc2N)C1. The fourth-order valence-corrected chi connectivity index (χ4v) is 2.39. The summed E-state index contributed by atoms with van der Waals surface area (Å²) in [6.07, 6.45) is 0.965. The van der Waals surface area contributed by atoms with E-state index >= 15 is 0 Å². The van der Waals surface area contributed by atoms with Crippen LogP contribution in [0.15, 0.2) is 12.1 Å². The zero-order valence-corrected chi connectivity index (χ0v) is 11.7. The number of amides is 1. The van der Waals surface area contributed by atoms with E-state index in [0.29, 0.717) is 36.4 Å². The minimum atomic E-state index is -0.0827. The Labute approximate surface area is 117 Å². The van der Waals surface area contributed by atoms with E-state index in [1.165, 1.54) is 0 Å². The van der Waals surface area contributed by atoms with E-state index in [4.69, 9.17) is 22.1 Å². The predicted molar refractivity (Wildman–Crippen MR) is 74.2 cm³/mol. The van der Waals surface area contributed by atoms with Crippen LogP contribution in [0.25, 0.3) is 0 Å². The van der Waals surface area contributed by atoms with Crippen molar-refractivity contribution in [2.45, 2.75) is 13.3 Å². The fourth-order valence-electron chi connectivity index (χ4n) is 2.24. The van der Waals surface area contributed by atoms with Crippen LogP contribution in [-0.2, 0) is 4.74 Å². The minimum Gasteiger partial charge on any atom is -0.383 e. The van der Waals surface area contributed by atoms with Crippen molar-refractivity contribution in [1.29, 1.82) is 0 Å². The van der Waals surface area contributed by atoms with Crippen LogP contribution < -0.4 is 5.73 Å². The Balaban J connectivity index is 2.01. The van der Waals surface area contributed by atoms with Crippen molar-refractivity contribution >= 4 is 23.3 Å². The molecule has 19 heavy (non-hydrogen) atoms. The average molecular weight is 284 g/mol. The van der Waals surface area contributed by atoms with E-state index in [9.17, 15) is 4.79 Å². The highest BCUT2D eigenvalue weighted by Crippen LogP contribution is 2.21. The first-order valence-electron chi connectivity index (χ1n) is 6.40. The zero-order chi connectivity index (χ0) is 13.8. The van der Waals surface area contributed by atoms with Gasteiger partial charge in [-0.3, -0.25) is 4.79 Å². The van der Waals surface area contributed by atoms with Crippen LogP contribution in [-0.4, -0.2) is 42.1 Å². The lowest BCUT2D eigenvalue weighted by Gasteiger charge is -2.17. The second-order valence-corrected chi connectivity index (χ2v) is 5.02. The molecule has 0 bridgehead atoms. The lowest BCUT2D eigenvalue weighted by molar-refractivity contribution is 0.0763. The van der Waals surface area contributed by atoms with Gasteiger partial charge in [0.2, 0.25) is 0 Å². The van der Waals surface area contributed by atoms with E-state index in [1.54, 1.807) is 17.0 Å². The third-order valence-corrected chi connectivity index (χ3v) is 3.46. The summed E-state index contributed by atoms with van der Waals surface area (Å²) in [5.74, 6) is 0.511. The zero-order valence-electron chi connectivity index (χ0n) is 10.9. The summed E-state index contributed by atoms with van der Waals surface area (Å²) >= 11 is 5.73. The number of hydrogen-bond acceptors (Lipinski definition) is 4. The molecule has 1 aromatic heterocycles. The summed E-state index contributed by atoms with van der Waals surface area (Å²) in [6.45, 7) is 4.82. The highest BCUT2D eigenvalue weighted by molar-refractivity contribution is 6.29. The molecule has 1 atom stereocenters. The number of rotatable bonds is 4. The monoisotopic (exact) mass is 283 g/mol. The number of anilines is 1. The second kappa shape index (κ2) is 6.21. The summed E-state index contributed by atoms with van der Waals surface area (Å²) < 4.78 is 5.40. The van der Waals surface area contributed by atoms with Crippen LogP contribution >= 0.6 is 11.6 Å². The molecule has 6 heteroatoms. The second-order valence-electron chi connectivity index (χ2n) is 4.63. The smallest absolute Gasteiger partial charge is 0.257 e. The topological polar surface area (TPSA) is 68.5 Å². The molecule has 1 amide bonds. The van der Waals surface area contributed by atoms with Gasteiger partial charge in [-0.2, -0.15) is 0 Å². The number of hydrogen-bond donors (Lipinski definition) is 1. The van der Waals surface area contributed by atoms with Crippen LogP contribution in [0, 0.1) is 5.92 Å². The van der Waals surface area contributed by atoms with Crippen molar-refractivity contribution in [3.8, 4) is 0 Å². The first-order chi connectivity index (χ1) is 9.11. The first-order valence-corrected chi connectivity index (χ1v) is 6.78. The third kappa shape index (κ3) is 3.36. The Morgan fingerprint density at radius 3 is 3.11 bits per heavy atom. The number of nitrogen functional groups attached to an aromatic ring is 1. The Morgan fingerprint density at radius 1 is 1.63 bits per heavy atom. The number of carbonyl (C=O) groups is 1. The number of nitrogens with two attached hydrogens (primary N) is 1. The molecule has 0 saturated carbocycles. The van der Waals surface area contributed by atoms with Gasteiger partial charge < -0.3 is 15.4 Å². The Kier molecular flexibility index (Phi) is 4.61. The number of nitrogens with zero attached hydrogens (tertiary/aromatic N) is 2. The number of pyridine rings is 1. The number of halogens is 1. The van der Waals surface area contributed by atoms with Gasteiger partial charge in [0.1, 0.15) is 11.0 Å². The Morgan fingerprint density at radius 2 is 2.42 bits per heavy atom. The highest BCUT2D eigenvalue weighted by atomic mass is 35.5. The molecule has 2 rings (SSSR count). The largest absolute Gasteiger partial charge is 0.383 e. The molecular formula is C13H18ClN3O2. The molecule has 0 unspecified atom stereocenters. The van der Waals surface area contributed by atoms with Gasteiger partial charge in [-0.25, -0.2) is 4.98 Å². The molecule has 1 aliphatic rings. The maximum atomic E-state index is 12.3. The molecule has 104 valence electrons. The summed E-state index contributed by atoms with van der Waals surface area (Å²) in [4.78, 5) is 18.0. The predicted octanol–water partition coefficient (Wildman–Crippen LogP) is 1.82. The van der Waals surface area contributed by atoms with Crippen molar-refractivity contribution in [3.05, 3.63) is 22.8 Å². The molecule has 1 aliphatic heterocycles. The van der Waals surface area contributed by atoms with E-state index in [-0.39, 0.29) is 11.7 Å². The molecule has 0 aliphatic carbocycles. The van der Waals surface area contributed by atoms with Gasteiger partial charge in [-0.1, -0.05) is 11.6 Å². The number of likely N-dealkylation sites (tertiary alicyclic amines) is 1. The highest BCUT2D eigenvalue weighted by Gasteiger charge is 2.28. The van der Waals surface area contributed by atoms with E-state index in [0.717, 1.165) is 13.0 Å². The fraction of sp³-hybridized carbons (Fsp3) is 0.538. The molecule has 0 aromatic carbocycles. The van der Waals surface area contributed by atoms with E-state index in [2.05, 4.69) is 4.98 Å².